The van der Waals surface area contributed by atoms with Crippen molar-refractivity contribution < 1.29 is 14.3 Å². The average molecular weight is 441 g/mol. The van der Waals surface area contributed by atoms with Crippen LogP contribution in [-0.2, 0) is 14.9 Å². The van der Waals surface area contributed by atoms with Crippen LogP contribution in [0.1, 0.15) is 104 Å². The first kappa shape index (κ1) is 23.6. The highest BCUT2D eigenvalue weighted by Crippen LogP contribution is 2.60. The Kier molecular flexibility index (Phi) is 6.42. The first-order chi connectivity index (χ1) is 15.1. The number of ether oxygens (including phenoxy) is 2. The van der Waals surface area contributed by atoms with Crippen molar-refractivity contribution >= 4 is 5.97 Å². The van der Waals surface area contributed by atoms with Gasteiger partial charge in [-0.1, -0.05) is 60.5 Å². The minimum Gasteiger partial charge on any atom is -0.497 e. The van der Waals surface area contributed by atoms with Gasteiger partial charge in [0.05, 0.1) is 13.0 Å². The summed E-state index contributed by atoms with van der Waals surface area (Å²) in [6.45, 7) is 14.1. The zero-order chi connectivity index (χ0) is 23.3. The van der Waals surface area contributed by atoms with E-state index in [1.807, 2.05) is 6.07 Å². The minimum atomic E-state index is -0.170. The topological polar surface area (TPSA) is 35.5 Å². The van der Waals surface area contributed by atoms with Gasteiger partial charge >= 0.3 is 5.97 Å². The third kappa shape index (κ3) is 4.10. The van der Waals surface area contributed by atoms with Crippen molar-refractivity contribution in [3.8, 4) is 5.75 Å². The first-order valence-electron chi connectivity index (χ1n) is 13.0. The van der Waals surface area contributed by atoms with E-state index in [1.165, 1.54) is 43.2 Å². The van der Waals surface area contributed by atoms with Crippen molar-refractivity contribution in [1.29, 1.82) is 0 Å². The zero-order valence-corrected chi connectivity index (χ0v) is 21.4. The predicted octanol–water partition coefficient (Wildman–Crippen LogP) is 7.27. The van der Waals surface area contributed by atoms with E-state index in [9.17, 15) is 4.79 Å². The van der Waals surface area contributed by atoms with Gasteiger partial charge in [0.25, 0.3) is 0 Å². The van der Waals surface area contributed by atoms with Crippen molar-refractivity contribution in [3.05, 3.63) is 29.3 Å². The molecule has 3 heteroatoms. The molecular weight excluding hydrogens is 396 g/mol. The second-order valence-corrected chi connectivity index (χ2v) is 12.4. The molecule has 32 heavy (non-hydrogen) atoms. The summed E-state index contributed by atoms with van der Waals surface area (Å²) in [5.41, 5.74) is 2.80. The maximum absolute atomic E-state index is 13.8. The second-order valence-electron chi connectivity index (χ2n) is 12.4. The normalized spacial score (nSPS) is 36.2. The van der Waals surface area contributed by atoms with E-state index in [0.29, 0.717) is 23.7 Å². The van der Waals surface area contributed by atoms with Gasteiger partial charge in [0, 0.05) is 0 Å². The maximum Gasteiger partial charge on any atom is 0.313 e. The lowest BCUT2D eigenvalue weighted by atomic mass is 9.49. The van der Waals surface area contributed by atoms with Gasteiger partial charge in [-0.2, -0.15) is 0 Å². The number of carbonyl (C=O) groups excluding carboxylic acids is 1. The summed E-state index contributed by atoms with van der Waals surface area (Å²) in [6, 6.07) is 6.38. The third-order valence-corrected chi connectivity index (χ3v) is 9.47. The average Bonchev–Trinajstić information content (AvgIpc) is 2.72. The zero-order valence-electron chi connectivity index (χ0n) is 21.4. The highest BCUT2D eigenvalue weighted by Gasteiger charge is 2.53. The Balaban J connectivity index is 1.69. The van der Waals surface area contributed by atoms with E-state index in [4.69, 9.17) is 9.47 Å². The van der Waals surface area contributed by atoms with Crippen molar-refractivity contribution in [1.82, 2.24) is 0 Å². The van der Waals surface area contributed by atoms with Crippen molar-refractivity contribution in [3.63, 3.8) is 0 Å². The lowest BCUT2D eigenvalue weighted by Crippen LogP contribution is -2.50. The van der Waals surface area contributed by atoms with Crippen LogP contribution in [0.5, 0.6) is 5.75 Å². The van der Waals surface area contributed by atoms with E-state index in [1.54, 1.807) is 7.11 Å². The summed E-state index contributed by atoms with van der Waals surface area (Å²) in [7, 11) is 1.73. The fraction of sp³-hybridized carbons (Fsp3) is 0.759. The summed E-state index contributed by atoms with van der Waals surface area (Å²) in [5, 5.41) is 0. The van der Waals surface area contributed by atoms with E-state index in [-0.39, 0.29) is 28.8 Å². The molecule has 178 valence electrons. The number of hydrogen-bond acceptors (Lipinski definition) is 3. The Hall–Kier alpha value is -1.51. The Morgan fingerprint density at radius 1 is 1.09 bits per heavy atom. The van der Waals surface area contributed by atoms with E-state index >= 15 is 0 Å². The Morgan fingerprint density at radius 2 is 1.84 bits per heavy atom. The molecule has 1 aromatic carbocycles. The summed E-state index contributed by atoms with van der Waals surface area (Å²) < 4.78 is 12.0. The summed E-state index contributed by atoms with van der Waals surface area (Å²) >= 11 is 0. The number of rotatable bonds is 4. The lowest BCUT2D eigenvalue weighted by molar-refractivity contribution is -0.159. The summed E-state index contributed by atoms with van der Waals surface area (Å²) in [6.07, 6.45) is 8.02. The van der Waals surface area contributed by atoms with Crippen LogP contribution in [0, 0.1) is 29.1 Å². The molecule has 0 aromatic heterocycles. The van der Waals surface area contributed by atoms with Gasteiger partial charge in [-0.05, 0) is 89.9 Å². The SMILES string of the molecule is COc1ccc2c(c1)[C@@]1(C)CCCC(C)(C)[C@@H]1C[C@H]2C(=O)O[C@@H]1C[C@H](C)CC[C@H]1C(C)C. The Bertz CT molecular complexity index is 841. The molecule has 0 amide bonds. The maximum atomic E-state index is 13.8. The molecule has 0 heterocycles. The highest BCUT2D eigenvalue weighted by atomic mass is 16.5. The van der Waals surface area contributed by atoms with Crippen LogP contribution < -0.4 is 4.74 Å². The van der Waals surface area contributed by atoms with Crippen LogP contribution in [0.25, 0.3) is 0 Å². The number of methoxy groups -OCH3 is 1. The van der Waals surface area contributed by atoms with Gasteiger partial charge in [-0.15, -0.1) is 0 Å². The van der Waals surface area contributed by atoms with Crippen LogP contribution in [-0.4, -0.2) is 19.2 Å². The predicted molar refractivity (Wildman–Crippen MR) is 130 cm³/mol. The molecule has 0 aliphatic heterocycles. The van der Waals surface area contributed by atoms with Gasteiger partial charge in [0.1, 0.15) is 11.9 Å². The van der Waals surface area contributed by atoms with Gasteiger partial charge in [0.2, 0.25) is 0 Å². The van der Waals surface area contributed by atoms with E-state index < -0.39 is 0 Å². The van der Waals surface area contributed by atoms with Crippen LogP contribution >= 0.6 is 0 Å². The minimum absolute atomic E-state index is 0.00425. The standard InChI is InChI=1S/C29H44O3/c1-18(2)21-11-9-19(3)15-25(21)32-27(30)23-17-26-28(4,5)13-8-14-29(26,6)24-16-20(31-7)10-12-22(23)24/h10,12,16,18-19,21,23,25-26H,8-9,11,13-15,17H2,1-7H3/t19-,21+,23-,25-,26+,29-/m1/s1. The molecular formula is C29H44O3. The second kappa shape index (κ2) is 8.69. The number of hydrogen-bond donors (Lipinski definition) is 0. The molecule has 3 aliphatic rings. The Labute approximate surface area is 195 Å². The highest BCUT2D eigenvalue weighted by molar-refractivity contribution is 5.80. The number of carbonyl (C=O) groups is 1. The van der Waals surface area contributed by atoms with Crippen molar-refractivity contribution in [2.75, 3.05) is 7.11 Å². The molecule has 2 saturated carbocycles. The monoisotopic (exact) mass is 440 g/mol. The van der Waals surface area contributed by atoms with Gasteiger partial charge in [-0.25, -0.2) is 0 Å². The first-order valence-corrected chi connectivity index (χ1v) is 13.0. The molecule has 2 fully saturated rings. The molecule has 0 spiro atoms. The summed E-state index contributed by atoms with van der Waals surface area (Å²) in [5.74, 6) is 2.84. The van der Waals surface area contributed by atoms with E-state index in [0.717, 1.165) is 18.6 Å². The largest absolute Gasteiger partial charge is 0.497 e. The van der Waals surface area contributed by atoms with E-state index in [2.05, 4.69) is 53.7 Å². The lowest BCUT2D eigenvalue weighted by Gasteiger charge is -2.55. The van der Waals surface area contributed by atoms with Crippen LogP contribution in [0.2, 0.25) is 0 Å². The molecule has 4 rings (SSSR count). The molecule has 3 nitrogen and oxygen atoms in total. The van der Waals surface area contributed by atoms with Gasteiger partial charge in [0.15, 0.2) is 0 Å². The molecule has 0 bridgehead atoms. The Morgan fingerprint density at radius 3 is 2.53 bits per heavy atom. The quantitative estimate of drug-likeness (QED) is 0.462. The number of esters is 1. The number of benzene rings is 1. The third-order valence-electron chi connectivity index (χ3n) is 9.47. The van der Waals surface area contributed by atoms with Crippen LogP contribution in [0.3, 0.4) is 0 Å². The van der Waals surface area contributed by atoms with Crippen molar-refractivity contribution in [2.24, 2.45) is 29.1 Å². The van der Waals surface area contributed by atoms with Gasteiger partial charge in [-0.3, -0.25) is 4.79 Å². The molecule has 1 aromatic rings. The van der Waals surface area contributed by atoms with Crippen molar-refractivity contribution in [2.45, 2.75) is 104 Å². The molecule has 0 saturated heterocycles. The molecule has 0 unspecified atom stereocenters. The molecule has 0 radical (unpaired) electrons. The van der Waals surface area contributed by atoms with Crippen LogP contribution in [0.15, 0.2) is 18.2 Å². The molecule has 0 N–H and O–H groups in total. The summed E-state index contributed by atoms with van der Waals surface area (Å²) in [4.78, 5) is 13.8. The molecule has 6 atom stereocenters. The number of fused-ring (bicyclic) bond motifs is 3. The fourth-order valence-electron chi connectivity index (χ4n) is 7.55. The smallest absolute Gasteiger partial charge is 0.313 e. The molecule has 3 aliphatic carbocycles. The van der Waals surface area contributed by atoms with Gasteiger partial charge < -0.3 is 9.47 Å². The fourth-order valence-corrected chi connectivity index (χ4v) is 7.55. The van der Waals surface area contributed by atoms with Crippen LogP contribution in [0.4, 0.5) is 0 Å².